The predicted octanol–water partition coefficient (Wildman–Crippen LogP) is 10.2. The largest absolute Gasteiger partial charge is 0.481 e. The number of carboxylic acids is 3. The van der Waals surface area contributed by atoms with Crippen molar-refractivity contribution in [2.24, 2.45) is 0 Å². The Morgan fingerprint density at radius 2 is 1.06 bits per heavy atom. The maximum absolute atomic E-state index is 15.1. The van der Waals surface area contributed by atoms with Gasteiger partial charge in [0, 0.05) is 36.7 Å². The molecule has 0 spiro atoms. The Morgan fingerprint density at radius 3 is 1.60 bits per heavy atom. The van der Waals surface area contributed by atoms with Gasteiger partial charge in [0.25, 0.3) is 5.97 Å². The van der Waals surface area contributed by atoms with Crippen LogP contribution in [0.25, 0.3) is 22.3 Å². The third-order valence-electron chi connectivity index (χ3n) is 8.48. The SMILES string of the molecule is CC(=O)O.Cc1ccc(-c2cccc(F)c2)c(F)c1CNc1c(F)ccc(OCC(=O)O)c1F.O=C(O)COc1ccc(F)c(NCc2cc(-c3ccccc3)ccc2F)c1F. The van der Waals surface area contributed by atoms with Gasteiger partial charge in [-0.2, -0.15) is 0 Å². The first kappa shape index (κ1) is 47.1. The van der Waals surface area contributed by atoms with Gasteiger partial charge in [0.2, 0.25) is 0 Å². The van der Waals surface area contributed by atoms with Crippen LogP contribution < -0.4 is 20.1 Å². The van der Waals surface area contributed by atoms with E-state index in [0.29, 0.717) is 11.1 Å². The summed E-state index contributed by atoms with van der Waals surface area (Å²) in [6.07, 6.45) is 0. The molecule has 0 bridgehead atoms. The molecule has 62 heavy (non-hydrogen) atoms. The van der Waals surface area contributed by atoms with Gasteiger partial charge in [-0.05, 0) is 77.7 Å². The van der Waals surface area contributed by atoms with Gasteiger partial charge < -0.3 is 35.4 Å². The van der Waals surface area contributed by atoms with Crippen LogP contribution in [0, 0.1) is 47.6 Å². The second kappa shape index (κ2) is 22.2. The lowest BCUT2D eigenvalue weighted by molar-refractivity contribution is -0.140. The van der Waals surface area contributed by atoms with E-state index in [-0.39, 0.29) is 29.8 Å². The van der Waals surface area contributed by atoms with Gasteiger partial charge in [0.1, 0.15) is 40.5 Å². The second-order valence-corrected chi connectivity index (χ2v) is 13.0. The Morgan fingerprint density at radius 1 is 0.548 bits per heavy atom. The van der Waals surface area contributed by atoms with Crippen molar-refractivity contribution < 1.29 is 69.9 Å². The molecule has 0 aromatic heterocycles. The van der Waals surface area contributed by atoms with Crippen molar-refractivity contribution in [3.8, 4) is 33.8 Å². The van der Waals surface area contributed by atoms with Crippen LogP contribution in [-0.2, 0) is 27.5 Å². The lowest BCUT2D eigenvalue weighted by atomic mass is 9.98. The molecule has 0 aliphatic carbocycles. The zero-order chi connectivity index (χ0) is 45.5. The van der Waals surface area contributed by atoms with E-state index in [1.165, 1.54) is 30.3 Å². The van der Waals surface area contributed by atoms with Crippen molar-refractivity contribution in [3.63, 3.8) is 0 Å². The highest BCUT2D eigenvalue weighted by atomic mass is 19.2. The molecule has 0 amide bonds. The van der Waals surface area contributed by atoms with Gasteiger partial charge in [0.05, 0.1) is 0 Å². The maximum Gasteiger partial charge on any atom is 0.341 e. The van der Waals surface area contributed by atoms with Crippen molar-refractivity contribution in [2.45, 2.75) is 26.9 Å². The van der Waals surface area contributed by atoms with Crippen LogP contribution in [0.1, 0.15) is 23.6 Å². The summed E-state index contributed by atoms with van der Waals surface area (Å²) in [4.78, 5) is 30.1. The Labute approximate surface area is 349 Å². The summed E-state index contributed by atoms with van der Waals surface area (Å²) in [5.74, 6) is -10.1. The van der Waals surface area contributed by atoms with Crippen LogP contribution >= 0.6 is 0 Å². The number of carboxylic acid groups (broad SMARTS) is 3. The molecular formula is C45H37F7N2O8. The van der Waals surface area contributed by atoms with Crippen molar-refractivity contribution >= 4 is 29.3 Å². The minimum Gasteiger partial charge on any atom is -0.481 e. The lowest BCUT2D eigenvalue weighted by Gasteiger charge is -2.15. The van der Waals surface area contributed by atoms with Gasteiger partial charge in [-0.1, -0.05) is 60.7 Å². The van der Waals surface area contributed by atoms with Gasteiger partial charge in [-0.25, -0.2) is 40.3 Å². The average molecular weight is 867 g/mol. The number of rotatable bonds is 14. The number of hydrogen-bond donors (Lipinski definition) is 5. The highest BCUT2D eigenvalue weighted by Gasteiger charge is 2.19. The topological polar surface area (TPSA) is 154 Å². The molecule has 6 rings (SSSR count). The van der Waals surface area contributed by atoms with E-state index in [4.69, 9.17) is 29.6 Å². The Bertz CT molecular complexity index is 2540. The number of nitrogens with one attached hydrogen (secondary N) is 2. The van der Waals surface area contributed by atoms with E-state index in [1.807, 2.05) is 30.3 Å². The van der Waals surface area contributed by atoms with Crippen LogP contribution in [0.4, 0.5) is 42.1 Å². The van der Waals surface area contributed by atoms with Gasteiger partial charge in [-0.3, -0.25) is 4.79 Å². The molecular weight excluding hydrogens is 829 g/mol. The summed E-state index contributed by atoms with van der Waals surface area (Å²) in [5, 5.41) is 29.7. The van der Waals surface area contributed by atoms with Crippen LogP contribution in [0.3, 0.4) is 0 Å². The number of ether oxygens (including phenoxy) is 2. The number of halogens is 7. The molecule has 0 saturated carbocycles. The van der Waals surface area contributed by atoms with Gasteiger partial charge in [-0.15, -0.1) is 0 Å². The maximum atomic E-state index is 15.1. The van der Waals surface area contributed by atoms with Gasteiger partial charge in [0.15, 0.2) is 36.3 Å². The van der Waals surface area contributed by atoms with E-state index < -0.39 is 94.7 Å². The number of hydrogen-bond acceptors (Lipinski definition) is 7. The monoisotopic (exact) mass is 866 g/mol. The molecule has 6 aromatic carbocycles. The summed E-state index contributed by atoms with van der Waals surface area (Å²) in [7, 11) is 0. The molecule has 0 atom stereocenters. The van der Waals surface area contributed by atoms with Gasteiger partial charge >= 0.3 is 11.9 Å². The van der Waals surface area contributed by atoms with E-state index in [1.54, 1.807) is 31.2 Å². The molecule has 0 heterocycles. The first-order valence-electron chi connectivity index (χ1n) is 18.2. The minimum atomic E-state index is -1.32. The molecule has 0 fully saturated rings. The Kier molecular flexibility index (Phi) is 16.8. The number of benzene rings is 6. The zero-order valence-corrected chi connectivity index (χ0v) is 32.7. The smallest absolute Gasteiger partial charge is 0.341 e. The van der Waals surface area contributed by atoms with Crippen molar-refractivity contribution in [1.29, 1.82) is 0 Å². The molecule has 0 radical (unpaired) electrons. The van der Waals surface area contributed by atoms with Crippen molar-refractivity contribution in [2.75, 3.05) is 23.8 Å². The second-order valence-electron chi connectivity index (χ2n) is 13.0. The van der Waals surface area contributed by atoms with Crippen LogP contribution in [-0.4, -0.2) is 46.4 Å². The van der Waals surface area contributed by atoms with E-state index >= 15 is 4.39 Å². The highest BCUT2D eigenvalue weighted by molar-refractivity contribution is 5.70. The predicted molar refractivity (Wildman–Crippen MR) is 215 cm³/mol. The molecule has 5 N–H and O–H groups in total. The Balaban J connectivity index is 0.000000251. The standard InChI is InChI=1S/C22H17F4NO3.C21H16F3NO3.C2H4O2/c1-12-5-6-15(13-3-2-4-14(23)9-13)20(25)16(12)10-27-22-17(24)7-8-18(21(22)26)30-11-19(28)29;22-16-7-6-14(13-4-2-1-3-5-13)10-15(16)11-25-21-17(23)8-9-18(20(21)24)28-12-19(26)27;1-2(3)4/h2-9,27H,10-11H2,1H3,(H,28,29);1-10,25H,11-12H2,(H,26,27);1H3,(H,3,4). The summed E-state index contributed by atoms with van der Waals surface area (Å²) < 4.78 is 109. The number of anilines is 2. The molecule has 0 unspecified atom stereocenters. The molecule has 6 aromatic rings. The summed E-state index contributed by atoms with van der Waals surface area (Å²) in [6.45, 7) is 0.704. The Hall–Kier alpha value is -7.56. The lowest BCUT2D eigenvalue weighted by Crippen LogP contribution is -2.12. The molecule has 0 saturated heterocycles. The fourth-order valence-electron chi connectivity index (χ4n) is 5.59. The fraction of sp³-hybridized carbons (Fsp3) is 0.133. The molecule has 324 valence electrons. The number of carbonyl (C=O) groups is 3. The summed E-state index contributed by atoms with van der Waals surface area (Å²) in [5.41, 5.74) is 1.92. The first-order valence-corrected chi connectivity index (χ1v) is 18.2. The molecule has 17 heteroatoms. The van der Waals surface area contributed by atoms with E-state index in [2.05, 4.69) is 10.6 Å². The molecule has 10 nitrogen and oxygen atoms in total. The third kappa shape index (κ3) is 13.2. The van der Waals surface area contributed by atoms with Crippen molar-refractivity contribution in [3.05, 3.63) is 167 Å². The number of aliphatic carboxylic acids is 3. The molecule has 0 aliphatic rings. The third-order valence-corrected chi connectivity index (χ3v) is 8.48. The van der Waals surface area contributed by atoms with E-state index in [0.717, 1.165) is 42.3 Å². The van der Waals surface area contributed by atoms with E-state index in [9.17, 15) is 35.9 Å². The quantitative estimate of drug-likeness (QED) is 0.0669. The zero-order valence-electron chi connectivity index (χ0n) is 32.7. The first-order chi connectivity index (χ1) is 29.5. The van der Waals surface area contributed by atoms with Crippen LogP contribution in [0.5, 0.6) is 11.5 Å². The minimum absolute atomic E-state index is 0.146. The van der Waals surface area contributed by atoms with Crippen LogP contribution in [0.15, 0.2) is 109 Å². The molecule has 0 aliphatic heterocycles. The summed E-state index contributed by atoms with van der Waals surface area (Å²) >= 11 is 0. The average Bonchev–Trinajstić information content (AvgIpc) is 3.22. The number of aryl methyl sites for hydroxylation is 1. The fourth-order valence-corrected chi connectivity index (χ4v) is 5.59. The summed E-state index contributed by atoms with van der Waals surface area (Å²) in [6, 6.07) is 26.2. The van der Waals surface area contributed by atoms with Crippen LogP contribution in [0.2, 0.25) is 0 Å². The highest BCUT2D eigenvalue weighted by Crippen LogP contribution is 2.32. The normalized spacial score (nSPS) is 10.3. The van der Waals surface area contributed by atoms with Crippen molar-refractivity contribution in [1.82, 2.24) is 0 Å².